The molecule has 2 rings (SSSR count). The van der Waals surface area contributed by atoms with Gasteiger partial charge in [0.2, 0.25) is 10.7 Å². The van der Waals surface area contributed by atoms with Gasteiger partial charge < -0.3 is 4.74 Å². The molecule has 0 aromatic carbocycles. The highest BCUT2D eigenvalue weighted by atomic mass is 32.1. The molecule has 0 saturated carbocycles. The number of aromatic nitrogens is 5. The van der Waals surface area contributed by atoms with Crippen LogP contribution in [0, 0.1) is 4.77 Å². The zero-order valence-electron chi connectivity index (χ0n) is 10.3. The van der Waals surface area contributed by atoms with Gasteiger partial charge >= 0.3 is 0 Å². The maximum absolute atomic E-state index is 5.22. The number of aromatic amines is 1. The normalized spacial score (nSPS) is 11.1. The average molecular weight is 253 g/mol. The predicted octanol–water partition coefficient (Wildman–Crippen LogP) is 1.80. The van der Waals surface area contributed by atoms with Gasteiger partial charge in [0.15, 0.2) is 5.82 Å². The number of nitrogens with zero attached hydrogens (tertiary/aromatic N) is 4. The summed E-state index contributed by atoms with van der Waals surface area (Å²) in [5, 5.41) is 11.4. The Balaban J connectivity index is 2.59. The van der Waals surface area contributed by atoms with Gasteiger partial charge in [0.25, 0.3) is 0 Å². The molecule has 7 heteroatoms. The fraction of sp³-hybridized carbons (Fsp3) is 0.500. The van der Waals surface area contributed by atoms with Gasteiger partial charge in [0.1, 0.15) is 5.82 Å². The maximum Gasteiger partial charge on any atom is 0.213 e. The second kappa shape index (κ2) is 4.33. The lowest BCUT2D eigenvalue weighted by atomic mass is 10.2. The molecule has 2 aromatic heterocycles. The quantitative estimate of drug-likeness (QED) is 0.847. The van der Waals surface area contributed by atoms with E-state index in [0.29, 0.717) is 16.5 Å². The van der Waals surface area contributed by atoms with E-state index in [2.05, 4.69) is 29.1 Å². The summed E-state index contributed by atoms with van der Waals surface area (Å²) < 4.78 is 9.21. The van der Waals surface area contributed by atoms with Crippen LogP contribution in [0.2, 0.25) is 0 Å². The van der Waals surface area contributed by atoms with Crippen molar-refractivity contribution in [3.05, 3.63) is 16.7 Å². The number of nitrogens with one attached hydrogen (secondary N) is 1. The van der Waals surface area contributed by atoms with Crippen LogP contribution in [-0.2, 0) is 7.05 Å². The van der Waals surface area contributed by atoms with Crippen LogP contribution in [0.3, 0.4) is 0 Å². The van der Waals surface area contributed by atoms with Crippen LogP contribution in [0.4, 0.5) is 0 Å². The number of aryl methyl sites for hydroxylation is 1. The van der Waals surface area contributed by atoms with Crippen LogP contribution < -0.4 is 4.74 Å². The monoisotopic (exact) mass is 253 g/mol. The summed E-state index contributed by atoms with van der Waals surface area (Å²) in [4.78, 5) is 0. The number of H-pyrrole nitrogens is 1. The largest absolute Gasteiger partial charge is 0.481 e. The predicted molar refractivity (Wildman–Crippen MR) is 66.2 cm³/mol. The molecule has 2 aromatic rings. The van der Waals surface area contributed by atoms with E-state index in [9.17, 15) is 0 Å². The van der Waals surface area contributed by atoms with Gasteiger partial charge in [0, 0.05) is 19.0 Å². The Morgan fingerprint density at radius 1 is 1.47 bits per heavy atom. The first-order valence-electron chi connectivity index (χ1n) is 5.30. The van der Waals surface area contributed by atoms with E-state index in [0.717, 1.165) is 5.82 Å². The van der Waals surface area contributed by atoms with Crippen molar-refractivity contribution >= 4 is 12.2 Å². The van der Waals surface area contributed by atoms with Gasteiger partial charge in [-0.1, -0.05) is 13.8 Å². The van der Waals surface area contributed by atoms with Crippen molar-refractivity contribution < 1.29 is 4.74 Å². The second-order valence-corrected chi connectivity index (χ2v) is 4.43. The van der Waals surface area contributed by atoms with Crippen LogP contribution in [0.15, 0.2) is 6.07 Å². The van der Waals surface area contributed by atoms with Gasteiger partial charge in [-0.05, 0) is 12.2 Å². The minimum absolute atomic E-state index is 0.260. The minimum atomic E-state index is 0.260. The summed E-state index contributed by atoms with van der Waals surface area (Å²) in [5.41, 5.74) is 0. The van der Waals surface area contributed by atoms with E-state index in [1.165, 1.54) is 0 Å². The van der Waals surface area contributed by atoms with Gasteiger partial charge in [-0.15, -0.1) is 0 Å². The van der Waals surface area contributed by atoms with Crippen LogP contribution in [0.1, 0.15) is 25.6 Å². The van der Waals surface area contributed by atoms with Crippen molar-refractivity contribution in [2.75, 3.05) is 7.11 Å². The molecule has 0 aliphatic carbocycles. The molecule has 2 heterocycles. The molecule has 0 aliphatic rings. The molecule has 0 aliphatic heterocycles. The number of hydrogen-bond acceptors (Lipinski definition) is 4. The molecule has 17 heavy (non-hydrogen) atoms. The van der Waals surface area contributed by atoms with Crippen molar-refractivity contribution in [2.24, 2.45) is 7.05 Å². The SMILES string of the molecule is COc1cc(-n2c(C(C)C)n[nH]c2=S)nn1C. The van der Waals surface area contributed by atoms with Crippen LogP contribution in [0.25, 0.3) is 5.82 Å². The molecule has 0 unspecified atom stereocenters. The number of methoxy groups -OCH3 is 1. The zero-order valence-corrected chi connectivity index (χ0v) is 11.1. The third kappa shape index (κ3) is 1.97. The van der Waals surface area contributed by atoms with E-state index < -0.39 is 0 Å². The maximum atomic E-state index is 5.22. The van der Waals surface area contributed by atoms with Crippen molar-refractivity contribution in [3.8, 4) is 11.7 Å². The molecule has 1 N–H and O–H groups in total. The van der Waals surface area contributed by atoms with E-state index in [1.807, 2.05) is 17.7 Å². The van der Waals surface area contributed by atoms with Crippen molar-refractivity contribution in [1.82, 2.24) is 24.5 Å². The van der Waals surface area contributed by atoms with E-state index in [-0.39, 0.29) is 5.92 Å². The Bertz CT molecular complexity index is 580. The molecule has 0 radical (unpaired) electrons. The zero-order chi connectivity index (χ0) is 12.6. The molecule has 92 valence electrons. The molecule has 0 amide bonds. The molecule has 0 atom stereocenters. The highest BCUT2D eigenvalue weighted by Gasteiger charge is 2.15. The Morgan fingerprint density at radius 3 is 2.71 bits per heavy atom. The first kappa shape index (κ1) is 11.8. The molecular weight excluding hydrogens is 238 g/mol. The summed E-state index contributed by atoms with van der Waals surface area (Å²) in [7, 11) is 3.43. The third-order valence-corrected chi connectivity index (χ3v) is 2.75. The molecule has 0 bridgehead atoms. The first-order chi connectivity index (χ1) is 8.04. The van der Waals surface area contributed by atoms with Crippen molar-refractivity contribution in [1.29, 1.82) is 0 Å². The van der Waals surface area contributed by atoms with E-state index in [4.69, 9.17) is 17.0 Å². The summed E-state index contributed by atoms with van der Waals surface area (Å²) >= 11 is 5.22. The van der Waals surface area contributed by atoms with Gasteiger partial charge in [-0.25, -0.2) is 4.68 Å². The third-order valence-electron chi connectivity index (χ3n) is 2.48. The number of rotatable bonds is 3. The summed E-state index contributed by atoms with van der Waals surface area (Å²) in [6.07, 6.45) is 0. The first-order valence-corrected chi connectivity index (χ1v) is 5.71. The summed E-state index contributed by atoms with van der Waals surface area (Å²) in [6, 6.07) is 1.83. The van der Waals surface area contributed by atoms with Crippen LogP contribution >= 0.6 is 12.2 Å². The van der Waals surface area contributed by atoms with Crippen LogP contribution in [0.5, 0.6) is 5.88 Å². The Labute approximate surface area is 104 Å². The number of hydrogen-bond donors (Lipinski definition) is 1. The average Bonchev–Trinajstić information content (AvgIpc) is 2.81. The molecule has 0 saturated heterocycles. The lowest BCUT2D eigenvalue weighted by Gasteiger charge is -2.05. The Morgan fingerprint density at radius 2 is 2.18 bits per heavy atom. The number of ether oxygens (including phenoxy) is 1. The molecular formula is C10H15N5OS. The minimum Gasteiger partial charge on any atom is -0.481 e. The Hall–Kier alpha value is -1.63. The fourth-order valence-electron chi connectivity index (χ4n) is 1.65. The lowest BCUT2D eigenvalue weighted by Crippen LogP contribution is -2.04. The van der Waals surface area contributed by atoms with E-state index in [1.54, 1.807) is 11.8 Å². The lowest BCUT2D eigenvalue weighted by molar-refractivity contribution is 0.373. The molecule has 0 fully saturated rings. The standard InChI is InChI=1S/C10H15N5OS/c1-6(2)9-11-12-10(17)15(9)7-5-8(16-4)14(3)13-7/h5-6H,1-4H3,(H,12,17). The van der Waals surface area contributed by atoms with E-state index >= 15 is 0 Å². The van der Waals surface area contributed by atoms with Crippen molar-refractivity contribution in [2.45, 2.75) is 19.8 Å². The smallest absolute Gasteiger partial charge is 0.213 e. The van der Waals surface area contributed by atoms with Gasteiger partial charge in [-0.2, -0.15) is 10.2 Å². The topological polar surface area (TPSA) is 60.7 Å². The summed E-state index contributed by atoms with van der Waals surface area (Å²) in [6.45, 7) is 4.11. The highest BCUT2D eigenvalue weighted by molar-refractivity contribution is 7.71. The fourth-order valence-corrected chi connectivity index (χ4v) is 1.89. The van der Waals surface area contributed by atoms with Gasteiger partial charge in [-0.3, -0.25) is 9.67 Å². The van der Waals surface area contributed by atoms with Crippen molar-refractivity contribution in [3.63, 3.8) is 0 Å². The van der Waals surface area contributed by atoms with Gasteiger partial charge in [0.05, 0.1) is 7.11 Å². The summed E-state index contributed by atoms with van der Waals surface area (Å²) in [5.74, 6) is 2.51. The molecule has 6 nitrogen and oxygen atoms in total. The van der Waals surface area contributed by atoms with Crippen LogP contribution in [-0.4, -0.2) is 31.7 Å². The highest BCUT2D eigenvalue weighted by Crippen LogP contribution is 2.20. The molecule has 0 spiro atoms. The Kier molecular flexibility index (Phi) is 3.01. The second-order valence-electron chi connectivity index (χ2n) is 4.05.